The Hall–Kier alpha value is -2.15. The summed E-state index contributed by atoms with van der Waals surface area (Å²) >= 11 is 6.20. The van der Waals surface area contributed by atoms with Gasteiger partial charge in [0.25, 0.3) is 0 Å². The van der Waals surface area contributed by atoms with Crippen molar-refractivity contribution in [3.05, 3.63) is 38.8 Å². The van der Waals surface area contributed by atoms with Crippen molar-refractivity contribution < 1.29 is 4.79 Å². The highest BCUT2D eigenvalue weighted by atomic mass is 35.5. The molecule has 0 fully saturated rings. The fraction of sp³-hybridized carbons (Fsp3) is 0.429. The largest absolute Gasteiger partial charge is 0.363 e. The van der Waals surface area contributed by atoms with Crippen molar-refractivity contribution in [3.8, 4) is 0 Å². The van der Waals surface area contributed by atoms with Gasteiger partial charge in [0.2, 0.25) is 5.91 Å². The van der Waals surface area contributed by atoms with Gasteiger partial charge in [-0.2, -0.15) is 9.36 Å². The van der Waals surface area contributed by atoms with Crippen molar-refractivity contribution in [1.29, 1.82) is 0 Å². The van der Waals surface area contributed by atoms with Gasteiger partial charge in [0.1, 0.15) is 6.54 Å². The van der Waals surface area contributed by atoms with E-state index in [-0.39, 0.29) is 12.5 Å². The highest BCUT2D eigenvalue weighted by Gasteiger charge is 2.15. The molecule has 118 valence electrons. The third kappa shape index (κ3) is 3.19. The lowest BCUT2D eigenvalue weighted by molar-refractivity contribution is -0.117. The lowest BCUT2D eigenvalue weighted by atomic mass is 10.0. The average Bonchev–Trinajstić information content (AvgIpc) is 2.80. The molecule has 1 N–H and O–H groups in total. The van der Waals surface area contributed by atoms with Crippen molar-refractivity contribution in [2.24, 2.45) is 7.05 Å². The van der Waals surface area contributed by atoms with Gasteiger partial charge in [0.05, 0.1) is 0 Å². The van der Waals surface area contributed by atoms with E-state index in [0.717, 1.165) is 32.6 Å². The fourth-order valence-corrected chi connectivity index (χ4v) is 2.52. The van der Waals surface area contributed by atoms with Crippen LogP contribution >= 0.6 is 11.6 Å². The number of nitrogens with zero attached hydrogens (tertiary/aromatic N) is 4. The second-order valence-corrected chi connectivity index (χ2v) is 5.27. The Bertz CT molecular complexity index is 750. The number of hydrogen-bond acceptors (Lipinski definition) is 4. The zero-order valence-corrected chi connectivity index (χ0v) is 13.5. The number of hydrogen-bond donors (Lipinski definition) is 1. The van der Waals surface area contributed by atoms with Crippen LogP contribution in [0.2, 0.25) is 5.02 Å². The number of aryl methyl sites for hydroxylation is 2. The van der Waals surface area contributed by atoms with E-state index in [1.807, 2.05) is 26.0 Å². The molecule has 1 heterocycles. The Morgan fingerprint density at radius 3 is 2.55 bits per heavy atom. The van der Waals surface area contributed by atoms with E-state index in [1.165, 1.54) is 7.05 Å². The number of carbonyl (C=O) groups is 1. The van der Waals surface area contributed by atoms with Crippen LogP contribution in [0.5, 0.6) is 0 Å². The van der Waals surface area contributed by atoms with Crippen LogP contribution in [0, 0.1) is 0 Å². The summed E-state index contributed by atoms with van der Waals surface area (Å²) in [5, 5.41) is 10.7. The van der Waals surface area contributed by atoms with Crippen LogP contribution in [0.1, 0.15) is 25.0 Å². The van der Waals surface area contributed by atoms with Crippen LogP contribution in [0.25, 0.3) is 0 Å². The van der Waals surface area contributed by atoms with Gasteiger partial charge in [0.15, 0.2) is 0 Å². The van der Waals surface area contributed by atoms with E-state index in [4.69, 9.17) is 11.6 Å². The van der Waals surface area contributed by atoms with Crippen molar-refractivity contribution in [3.63, 3.8) is 0 Å². The summed E-state index contributed by atoms with van der Waals surface area (Å²) in [5.74, 6) is -0.339. The standard InChI is InChI=1S/C14H18ClN5O2/c1-4-9-6-7-11(15)10(5-2)13(9)16-12(21)8-20-14(22)19(3)17-18-20/h6-7H,4-5,8H2,1-3H3,(H,16,21). The van der Waals surface area contributed by atoms with Gasteiger partial charge in [-0.1, -0.05) is 31.5 Å². The number of rotatable bonds is 5. The predicted octanol–water partition coefficient (Wildman–Crippen LogP) is 1.39. The van der Waals surface area contributed by atoms with Crippen molar-refractivity contribution >= 4 is 23.2 Å². The summed E-state index contributed by atoms with van der Waals surface area (Å²) < 4.78 is 2.08. The SMILES string of the molecule is CCc1ccc(Cl)c(CC)c1NC(=O)Cn1nnn(C)c1=O. The molecule has 0 unspecified atom stereocenters. The lowest BCUT2D eigenvalue weighted by Crippen LogP contribution is -2.29. The van der Waals surface area contributed by atoms with Gasteiger partial charge in [-0.3, -0.25) is 4.79 Å². The monoisotopic (exact) mass is 323 g/mol. The molecule has 0 radical (unpaired) electrons. The molecular weight excluding hydrogens is 306 g/mol. The lowest BCUT2D eigenvalue weighted by Gasteiger charge is -2.15. The number of carbonyl (C=O) groups excluding carboxylic acids is 1. The summed E-state index contributed by atoms with van der Waals surface area (Å²) in [6, 6.07) is 3.73. The molecule has 8 heteroatoms. The van der Waals surface area contributed by atoms with Crippen LogP contribution < -0.4 is 11.0 Å². The van der Waals surface area contributed by atoms with Crippen LogP contribution in [-0.4, -0.2) is 25.7 Å². The fourth-order valence-electron chi connectivity index (χ4n) is 2.23. The highest BCUT2D eigenvalue weighted by Crippen LogP contribution is 2.29. The van der Waals surface area contributed by atoms with E-state index in [0.29, 0.717) is 11.4 Å². The molecule has 2 rings (SSSR count). The maximum atomic E-state index is 12.2. The first-order chi connectivity index (χ1) is 10.5. The molecule has 1 amide bonds. The number of amides is 1. The summed E-state index contributed by atoms with van der Waals surface area (Å²) in [7, 11) is 1.48. The first kappa shape index (κ1) is 16.2. The number of tetrazole rings is 1. The Kier molecular flexibility index (Phi) is 4.97. The van der Waals surface area contributed by atoms with E-state index >= 15 is 0 Å². The third-order valence-electron chi connectivity index (χ3n) is 3.41. The summed E-state index contributed by atoms with van der Waals surface area (Å²) in [5.41, 5.74) is 2.18. The summed E-state index contributed by atoms with van der Waals surface area (Å²) in [6.45, 7) is 3.79. The molecule has 1 aromatic heterocycles. The normalized spacial score (nSPS) is 10.7. The molecule has 2 aromatic rings. The Labute approximate surface area is 132 Å². The van der Waals surface area contributed by atoms with Gasteiger partial charge in [0, 0.05) is 17.8 Å². The quantitative estimate of drug-likeness (QED) is 0.901. The first-order valence-electron chi connectivity index (χ1n) is 7.04. The molecule has 7 nitrogen and oxygen atoms in total. The molecule has 0 aliphatic rings. The molecule has 0 atom stereocenters. The number of anilines is 1. The Balaban J connectivity index is 2.26. The van der Waals surface area contributed by atoms with Gasteiger partial charge in [-0.15, -0.1) is 0 Å². The zero-order valence-electron chi connectivity index (χ0n) is 12.8. The average molecular weight is 324 g/mol. The molecule has 0 saturated heterocycles. The third-order valence-corrected chi connectivity index (χ3v) is 3.77. The minimum absolute atomic E-state index is 0.189. The molecular formula is C14H18ClN5O2. The first-order valence-corrected chi connectivity index (χ1v) is 7.42. The maximum Gasteiger partial charge on any atom is 0.363 e. The molecule has 1 aromatic carbocycles. The van der Waals surface area contributed by atoms with Crippen molar-refractivity contribution in [2.75, 3.05) is 5.32 Å². The van der Waals surface area contributed by atoms with Gasteiger partial charge >= 0.3 is 5.69 Å². The second-order valence-electron chi connectivity index (χ2n) is 4.86. The van der Waals surface area contributed by atoms with E-state index in [2.05, 4.69) is 15.7 Å². The van der Waals surface area contributed by atoms with E-state index in [1.54, 1.807) is 0 Å². The van der Waals surface area contributed by atoms with E-state index in [9.17, 15) is 9.59 Å². The molecule has 0 saturated carbocycles. The van der Waals surface area contributed by atoms with Gasteiger partial charge in [-0.25, -0.2) is 4.79 Å². The molecule has 0 spiro atoms. The van der Waals surface area contributed by atoms with Crippen molar-refractivity contribution in [1.82, 2.24) is 19.8 Å². The van der Waals surface area contributed by atoms with E-state index < -0.39 is 5.69 Å². The maximum absolute atomic E-state index is 12.2. The van der Waals surface area contributed by atoms with Crippen LogP contribution in [0.15, 0.2) is 16.9 Å². The van der Waals surface area contributed by atoms with Gasteiger partial charge < -0.3 is 5.32 Å². The van der Waals surface area contributed by atoms with Crippen LogP contribution in [0.4, 0.5) is 5.69 Å². The summed E-state index contributed by atoms with van der Waals surface area (Å²) in [6.07, 6.45) is 1.47. The molecule has 0 bridgehead atoms. The number of benzene rings is 1. The molecule has 0 aliphatic carbocycles. The number of halogens is 1. The predicted molar refractivity (Wildman–Crippen MR) is 84.1 cm³/mol. The number of aromatic nitrogens is 4. The molecule has 0 aliphatic heterocycles. The Morgan fingerprint density at radius 2 is 2.00 bits per heavy atom. The summed E-state index contributed by atoms with van der Waals surface area (Å²) in [4.78, 5) is 23.9. The van der Waals surface area contributed by atoms with Crippen LogP contribution in [-0.2, 0) is 31.2 Å². The zero-order chi connectivity index (χ0) is 16.3. The highest BCUT2D eigenvalue weighted by molar-refractivity contribution is 6.32. The van der Waals surface area contributed by atoms with Crippen molar-refractivity contribution in [2.45, 2.75) is 33.2 Å². The Morgan fingerprint density at radius 1 is 1.27 bits per heavy atom. The second kappa shape index (κ2) is 6.74. The molecule has 22 heavy (non-hydrogen) atoms. The topological polar surface area (TPSA) is 81.8 Å². The van der Waals surface area contributed by atoms with Crippen LogP contribution in [0.3, 0.4) is 0 Å². The smallest absolute Gasteiger partial charge is 0.324 e. The minimum Gasteiger partial charge on any atom is -0.324 e. The minimum atomic E-state index is -0.437. The van der Waals surface area contributed by atoms with Gasteiger partial charge in [-0.05, 0) is 40.5 Å². The number of nitrogens with one attached hydrogen (secondary N) is 1.